The first-order valence-corrected chi connectivity index (χ1v) is 7.93. The number of unbranched alkanes of at least 4 members (excludes halogenated alkanes) is 1. The van der Waals surface area contributed by atoms with E-state index in [2.05, 4.69) is 42.8 Å². The zero-order valence-corrected chi connectivity index (χ0v) is 16.1. The molecule has 5 heteroatoms. The van der Waals surface area contributed by atoms with Gasteiger partial charge in [0.2, 0.25) is 0 Å². The standard InChI is InChI=1S/C15H25INO2.BrH/c1-17(2,11-7-12-18)10-5-6-13-19-15-9-4-3-8-14(15)16;/h3-4,8-9,18H,5-7,10-13H2,1-2H3;1H/q+1;/p-1. The van der Waals surface area contributed by atoms with Crippen molar-refractivity contribution in [2.75, 3.05) is 40.4 Å². The molecule has 0 amide bonds. The summed E-state index contributed by atoms with van der Waals surface area (Å²) in [6.45, 7) is 3.24. The average molecular weight is 458 g/mol. The van der Waals surface area contributed by atoms with Gasteiger partial charge in [-0.15, -0.1) is 0 Å². The Balaban J connectivity index is 0.00000361. The number of benzene rings is 1. The Hall–Kier alpha value is 0.150. The third kappa shape index (κ3) is 8.44. The molecule has 0 fully saturated rings. The van der Waals surface area contributed by atoms with Gasteiger partial charge >= 0.3 is 0 Å². The molecule has 0 spiro atoms. The van der Waals surface area contributed by atoms with Gasteiger partial charge in [0.1, 0.15) is 5.75 Å². The maximum atomic E-state index is 8.86. The summed E-state index contributed by atoms with van der Waals surface area (Å²) in [7, 11) is 4.44. The van der Waals surface area contributed by atoms with Crippen LogP contribution in [-0.2, 0) is 0 Å². The number of quaternary nitrogens is 1. The lowest BCUT2D eigenvalue weighted by atomic mass is 10.2. The molecule has 0 aliphatic heterocycles. The molecule has 1 N–H and O–H groups in total. The van der Waals surface area contributed by atoms with E-state index in [0.717, 1.165) is 49.2 Å². The number of rotatable bonds is 9. The number of aliphatic hydroxyl groups is 1. The number of hydrogen-bond acceptors (Lipinski definition) is 2. The van der Waals surface area contributed by atoms with Crippen LogP contribution in [0.5, 0.6) is 5.75 Å². The van der Waals surface area contributed by atoms with Gasteiger partial charge in [0.15, 0.2) is 0 Å². The van der Waals surface area contributed by atoms with Crippen molar-refractivity contribution in [2.45, 2.75) is 19.3 Å². The molecule has 0 heterocycles. The van der Waals surface area contributed by atoms with Crippen LogP contribution in [0.25, 0.3) is 0 Å². The molecule has 0 radical (unpaired) electrons. The van der Waals surface area contributed by atoms with Gasteiger partial charge in [0.25, 0.3) is 0 Å². The molecule has 0 saturated carbocycles. The minimum absolute atomic E-state index is 0. The predicted octanol–water partition coefficient (Wildman–Crippen LogP) is -0.0870. The molecule has 116 valence electrons. The monoisotopic (exact) mass is 457 g/mol. The summed E-state index contributed by atoms with van der Waals surface area (Å²) in [5.41, 5.74) is 0. The number of nitrogens with zero attached hydrogens (tertiary/aromatic N) is 1. The summed E-state index contributed by atoms with van der Waals surface area (Å²) in [6.07, 6.45) is 3.11. The SMILES string of the molecule is C[N+](C)(CCCO)CCCCOc1ccccc1I.[Br-]. The molecule has 0 unspecified atom stereocenters. The molecule has 3 nitrogen and oxygen atoms in total. The Morgan fingerprint density at radius 3 is 2.40 bits per heavy atom. The minimum atomic E-state index is 0. The Morgan fingerprint density at radius 2 is 1.75 bits per heavy atom. The summed E-state index contributed by atoms with van der Waals surface area (Å²) in [5, 5.41) is 8.86. The summed E-state index contributed by atoms with van der Waals surface area (Å²) in [6, 6.07) is 8.11. The second-order valence-corrected chi connectivity index (χ2v) is 6.61. The summed E-state index contributed by atoms with van der Waals surface area (Å²) < 4.78 is 7.92. The van der Waals surface area contributed by atoms with E-state index < -0.39 is 0 Å². The van der Waals surface area contributed by atoms with Crippen molar-refractivity contribution < 1.29 is 31.3 Å². The third-order valence-electron chi connectivity index (χ3n) is 3.17. The largest absolute Gasteiger partial charge is 1.00 e. The molecule has 0 atom stereocenters. The number of halogens is 2. The quantitative estimate of drug-likeness (QED) is 0.319. The highest BCUT2D eigenvalue weighted by Gasteiger charge is 2.13. The highest BCUT2D eigenvalue weighted by atomic mass is 127. The summed E-state index contributed by atoms with van der Waals surface area (Å²) >= 11 is 2.30. The number of aliphatic hydroxyl groups excluding tert-OH is 1. The molecular weight excluding hydrogens is 433 g/mol. The van der Waals surface area contributed by atoms with Crippen LogP contribution in [0.4, 0.5) is 0 Å². The molecule has 20 heavy (non-hydrogen) atoms. The summed E-state index contributed by atoms with van der Waals surface area (Å²) in [5.74, 6) is 0.983. The van der Waals surface area contributed by atoms with E-state index in [9.17, 15) is 0 Å². The maximum absolute atomic E-state index is 8.86. The van der Waals surface area contributed by atoms with Crippen LogP contribution in [0, 0.1) is 3.57 Å². The molecule has 0 bridgehead atoms. The minimum Gasteiger partial charge on any atom is -1.00 e. The zero-order valence-electron chi connectivity index (χ0n) is 12.3. The van der Waals surface area contributed by atoms with Crippen LogP contribution < -0.4 is 21.7 Å². The second-order valence-electron chi connectivity index (χ2n) is 5.45. The first-order chi connectivity index (χ1) is 9.05. The summed E-state index contributed by atoms with van der Waals surface area (Å²) in [4.78, 5) is 0. The van der Waals surface area contributed by atoms with Crippen molar-refractivity contribution in [3.05, 3.63) is 27.8 Å². The van der Waals surface area contributed by atoms with Crippen LogP contribution in [-0.4, -0.2) is 50.0 Å². The molecule has 0 aliphatic rings. The lowest BCUT2D eigenvalue weighted by Crippen LogP contribution is -3.00. The van der Waals surface area contributed by atoms with E-state index in [1.165, 1.54) is 3.57 Å². The van der Waals surface area contributed by atoms with Crippen molar-refractivity contribution in [1.82, 2.24) is 0 Å². The van der Waals surface area contributed by atoms with Gasteiger partial charge in [0, 0.05) is 13.0 Å². The smallest absolute Gasteiger partial charge is 0.132 e. The lowest BCUT2D eigenvalue weighted by Gasteiger charge is -2.29. The van der Waals surface area contributed by atoms with Crippen LogP contribution in [0.1, 0.15) is 19.3 Å². The Kier molecular flexibility index (Phi) is 10.9. The van der Waals surface area contributed by atoms with Crippen molar-refractivity contribution in [1.29, 1.82) is 0 Å². The maximum Gasteiger partial charge on any atom is 0.132 e. The van der Waals surface area contributed by atoms with Crippen molar-refractivity contribution in [2.24, 2.45) is 0 Å². The molecule has 0 aliphatic carbocycles. The van der Waals surface area contributed by atoms with Gasteiger partial charge in [-0.25, -0.2) is 0 Å². The predicted molar refractivity (Wildman–Crippen MR) is 87.4 cm³/mol. The highest BCUT2D eigenvalue weighted by Crippen LogP contribution is 2.19. The van der Waals surface area contributed by atoms with Crippen LogP contribution in [0.15, 0.2) is 24.3 Å². The Bertz CT molecular complexity index is 375. The molecule has 1 aromatic rings. The topological polar surface area (TPSA) is 29.5 Å². The Morgan fingerprint density at radius 1 is 1.10 bits per heavy atom. The molecular formula is C15H25BrINO2. The Labute approximate surface area is 146 Å². The van der Waals surface area contributed by atoms with Crippen LogP contribution in [0.2, 0.25) is 0 Å². The fourth-order valence-electron chi connectivity index (χ4n) is 2.00. The molecule has 0 saturated heterocycles. The fraction of sp³-hybridized carbons (Fsp3) is 0.600. The number of hydrogen-bond donors (Lipinski definition) is 1. The number of para-hydroxylation sites is 1. The first-order valence-electron chi connectivity index (χ1n) is 6.85. The fourth-order valence-corrected chi connectivity index (χ4v) is 2.54. The molecule has 1 rings (SSSR count). The van der Waals surface area contributed by atoms with Gasteiger partial charge in [-0.1, -0.05) is 12.1 Å². The molecule has 0 aromatic heterocycles. The van der Waals surface area contributed by atoms with Crippen molar-refractivity contribution in [3.8, 4) is 5.75 Å². The van der Waals surface area contributed by atoms with Crippen molar-refractivity contribution >= 4 is 22.6 Å². The van der Waals surface area contributed by atoms with Gasteiger partial charge < -0.3 is 31.3 Å². The third-order valence-corrected chi connectivity index (χ3v) is 4.06. The van der Waals surface area contributed by atoms with Crippen molar-refractivity contribution in [3.63, 3.8) is 0 Å². The lowest BCUT2D eigenvalue weighted by molar-refractivity contribution is -0.890. The van der Waals surface area contributed by atoms with E-state index in [-0.39, 0.29) is 23.6 Å². The van der Waals surface area contributed by atoms with Gasteiger partial charge in [-0.2, -0.15) is 0 Å². The molecule has 1 aromatic carbocycles. The average Bonchev–Trinajstić information content (AvgIpc) is 2.38. The number of ether oxygens (including phenoxy) is 1. The van der Waals surface area contributed by atoms with E-state index in [0.29, 0.717) is 0 Å². The van der Waals surface area contributed by atoms with Gasteiger partial charge in [-0.05, 0) is 47.6 Å². The highest BCUT2D eigenvalue weighted by molar-refractivity contribution is 14.1. The van der Waals surface area contributed by atoms with E-state index >= 15 is 0 Å². The van der Waals surface area contributed by atoms with Gasteiger partial charge in [-0.3, -0.25) is 0 Å². The van der Waals surface area contributed by atoms with Gasteiger partial charge in [0.05, 0.1) is 37.4 Å². The van der Waals surface area contributed by atoms with E-state index in [1.54, 1.807) is 0 Å². The van der Waals surface area contributed by atoms with Crippen LogP contribution in [0.3, 0.4) is 0 Å². The first kappa shape index (κ1) is 20.1. The van der Waals surface area contributed by atoms with Crippen LogP contribution >= 0.6 is 22.6 Å². The van der Waals surface area contributed by atoms with E-state index in [4.69, 9.17) is 9.84 Å². The zero-order chi connectivity index (χ0) is 14.1. The second kappa shape index (κ2) is 10.8. The normalized spacial score (nSPS) is 11.0. The van der Waals surface area contributed by atoms with E-state index in [1.807, 2.05) is 18.2 Å².